The van der Waals surface area contributed by atoms with Gasteiger partial charge in [0.25, 0.3) is 0 Å². The van der Waals surface area contributed by atoms with Crippen molar-refractivity contribution < 1.29 is 4.74 Å². The van der Waals surface area contributed by atoms with Crippen LogP contribution in [-0.2, 0) is 4.74 Å². The first kappa shape index (κ1) is 16.9. The van der Waals surface area contributed by atoms with Crippen molar-refractivity contribution >= 4 is 0 Å². The van der Waals surface area contributed by atoms with E-state index in [1.54, 1.807) is 7.11 Å². The minimum atomic E-state index is 0.493. The van der Waals surface area contributed by atoms with Gasteiger partial charge in [0.1, 0.15) is 0 Å². The Kier molecular flexibility index (Phi) is 9.79. The molecule has 3 heteroatoms. The summed E-state index contributed by atoms with van der Waals surface area (Å²) in [5.41, 5.74) is 0. The van der Waals surface area contributed by atoms with Gasteiger partial charge < -0.3 is 15.0 Å². The summed E-state index contributed by atoms with van der Waals surface area (Å²) in [5, 5.41) is 3.58. The van der Waals surface area contributed by atoms with Crippen LogP contribution in [0, 0.1) is 5.92 Å². The van der Waals surface area contributed by atoms with Gasteiger partial charge in [-0.3, -0.25) is 0 Å². The Morgan fingerprint density at radius 2 is 1.76 bits per heavy atom. The van der Waals surface area contributed by atoms with Crippen LogP contribution < -0.4 is 5.32 Å². The molecule has 0 saturated carbocycles. The molecule has 0 amide bonds. The van der Waals surface area contributed by atoms with Crippen molar-refractivity contribution in [2.45, 2.75) is 52.6 Å². The minimum Gasteiger partial charge on any atom is -0.383 e. The molecule has 0 aliphatic heterocycles. The first-order chi connectivity index (χ1) is 7.97. The average molecular weight is 244 g/mol. The fourth-order valence-corrected chi connectivity index (χ4v) is 1.76. The zero-order chi connectivity index (χ0) is 13.3. The third kappa shape index (κ3) is 9.57. The van der Waals surface area contributed by atoms with Crippen LogP contribution in [0.5, 0.6) is 0 Å². The molecule has 104 valence electrons. The molecule has 2 unspecified atom stereocenters. The van der Waals surface area contributed by atoms with E-state index in [0.717, 1.165) is 25.6 Å². The number of ether oxygens (including phenoxy) is 1. The first-order valence-electron chi connectivity index (χ1n) is 6.89. The Hall–Kier alpha value is -0.120. The molecule has 0 spiro atoms. The maximum absolute atomic E-state index is 5.16. The summed E-state index contributed by atoms with van der Waals surface area (Å²) < 4.78 is 5.16. The summed E-state index contributed by atoms with van der Waals surface area (Å²) in [6.07, 6.45) is 2.58. The highest BCUT2D eigenvalue weighted by Gasteiger charge is 2.08. The number of methoxy groups -OCH3 is 1. The Balaban J connectivity index is 3.54. The van der Waals surface area contributed by atoms with Crippen LogP contribution in [0.3, 0.4) is 0 Å². The van der Waals surface area contributed by atoms with E-state index in [0.29, 0.717) is 12.1 Å². The lowest BCUT2D eigenvalue weighted by Gasteiger charge is -2.25. The van der Waals surface area contributed by atoms with Crippen molar-refractivity contribution in [3.05, 3.63) is 0 Å². The van der Waals surface area contributed by atoms with Crippen molar-refractivity contribution in [1.82, 2.24) is 10.2 Å². The summed E-state index contributed by atoms with van der Waals surface area (Å²) in [6, 6.07) is 1.12. The number of rotatable bonds is 10. The van der Waals surface area contributed by atoms with Gasteiger partial charge in [-0.05, 0) is 39.7 Å². The number of nitrogens with zero attached hydrogens (tertiary/aromatic N) is 1. The van der Waals surface area contributed by atoms with Crippen molar-refractivity contribution in [3.8, 4) is 0 Å². The highest BCUT2D eigenvalue weighted by Crippen LogP contribution is 2.06. The van der Waals surface area contributed by atoms with Crippen LogP contribution in [0.4, 0.5) is 0 Å². The standard InChI is InChI=1S/C14H32N2O/c1-12(2)7-8-13(3)15-9-10-16(5)14(4)11-17-6/h12-15H,7-11H2,1-6H3. The molecule has 2 atom stereocenters. The maximum atomic E-state index is 5.16. The molecule has 3 nitrogen and oxygen atoms in total. The lowest BCUT2D eigenvalue weighted by molar-refractivity contribution is 0.115. The zero-order valence-corrected chi connectivity index (χ0v) is 12.6. The molecule has 17 heavy (non-hydrogen) atoms. The van der Waals surface area contributed by atoms with Gasteiger partial charge in [0.05, 0.1) is 6.61 Å². The predicted octanol–water partition coefficient (Wildman–Crippen LogP) is 2.37. The molecule has 0 saturated heterocycles. The molecule has 0 aromatic heterocycles. The van der Waals surface area contributed by atoms with E-state index < -0.39 is 0 Å². The molecular weight excluding hydrogens is 212 g/mol. The molecule has 0 rings (SSSR count). The number of hydrogen-bond donors (Lipinski definition) is 1. The van der Waals surface area contributed by atoms with E-state index >= 15 is 0 Å². The van der Waals surface area contributed by atoms with E-state index in [1.165, 1.54) is 12.8 Å². The van der Waals surface area contributed by atoms with Crippen molar-refractivity contribution in [1.29, 1.82) is 0 Å². The van der Waals surface area contributed by atoms with Gasteiger partial charge in [-0.15, -0.1) is 0 Å². The molecule has 0 radical (unpaired) electrons. The maximum Gasteiger partial charge on any atom is 0.0615 e. The summed E-state index contributed by atoms with van der Waals surface area (Å²) in [4.78, 5) is 2.34. The van der Waals surface area contributed by atoms with Crippen LogP contribution in [0.15, 0.2) is 0 Å². The lowest BCUT2D eigenvalue weighted by atomic mass is 10.0. The quantitative estimate of drug-likeness (QED) is 0.638. The van der Waals surface area contributed by atoms with Crippen LogP contribution in [0.25, 0.3) is 0 Å². The van der Waals surface area contributed by atoms with Gasteiger partial charge in [0, 0.05) is 32.3 Å². The fraction of sp³-hybridized carbons (Fsp3) is 1.00. The van der Waals surface area contributed by atoms with Gasteiger partial charge in [-0.2, -0.15) is 0 Å². The Bertz CT molecular complexity index is 174. The topological polar surface area (TPSA) is 24.5 Å². The second-order valence-corrected chi connectivity index (χ2v) is 5.61. The predicted molar refractivity (Wildman–Crippen MR) is 75.5 cm³/mol. The first-order valence-corrected chi connectivity index (χ1v) is 6.89. The highest BCUT2D eigenvalue weighted by atomic mass is 16.5. The van der Waals surface area contributed by atoms with Crippen molar-refractivity contribution in [2.24, 2.45) is 5.92 Å². The third-order valence-corrected chi connectivity index (χ3v) is 3.29. The van der Waals surface area contributed by atoms with Gasteiger partial charge >= 0.3 is 0 Å². The summed E-state index contributed by atoms with van der Waals surface area (Å²) in [7, 11) is 3.92. The van der Waals surface area contributed by atoms with Gasteiger partial charge in [0.2, 0.25) is 0 Å². The monoisotopic (exact) mass is 244 g/mol. The summed E-state index contributed by atoms with van der Waals surface area (Å²) in [6.45, 7) is 12.0. The molecule has 0 heterocycles. The Labute approximate surface area is 108 Å². The number of hydrogen-bond acceptors (Lipinski definition) is 3. The van der Waals surface area contributed by atoms with Gasteiger partial charge in [0.15, 0.2) is 0 Å². The smallest absolute Gasteiger partial charge is 0.0615 e. The van der Waals surface area contributed by atoms with E-state index in [2.05, 4.69) is 45.0 Å². The highest BCUT2D eigenvalue weighted by molar-refractivity contribution is 4.66. The lowest BCUT2D eigenvalue weighted by Crippen LogP contribution is -2.39. The summed E-state index contributed by atoms with van der Waals surface area (Å²) in [5.74, 6) is 0.809. The number of nitrogens with one attached hydrogen (secondary N) is 1. The average Bonchev–Trinajstić information content (AvgIpc) is 2.26. The van der Waals surface area contributed by atoms with Crippen molar-refractivity contribution in [2.75, 3.05) is 33.9 Å². The normalized spacial score (nSPS) is 15.5. The Morgan fingerprint density at radius 1 is 1.12 bits per heavy atom. The van der Waals surface area contributed by atoms with Crippen LogP contribution in [-0.4, -0.2) is 50.8 Å². The van der Waals surface area contributed by atoms with Crippen LogP contribution >= 0.6 is 0 Å². The molecule has 0 bridgehead atoms. The number of likely N-dealkylation sites (N-methyl/N-ethyl adjacent to an activating group) is 1. The summed E-state index contributed by atoms with van der Waals surface area (Å²) >= 11 is 0. The molecule has 1 N–H and O–H groups in total. The molecule has 0 fully saturated rings. The van der Waals surface area contributed by atoms with Gasteiger partial charge in [-0.1, -0.05) is 13.8 Å². The largest absolute Gasteiger partial charge is 0.383 e. The molecule has 0 aliphatic rings. The third-order valence-electron chi connectivity index (χ3n) is 3.29. The Morgan fingerprint density at radius 3 is 2.29 bits per heavy atom. The van der Waals surface area contributed by atoms with Crippen molar-refractivity contribution in [3.63, 3.8) is 0 Å². The molecular formula is C14H32N2O. The van der Waals surface area contributed by atoms with E-state index in [-0.39, 0.29) is 0 Å². The second kappa shape index (κ2) is 9.86. The molecule has 0 aromatic carbocycles. The van der Waals surface area contributed by atoms with E-state index in [4.69, 9.17) is 4.74 Å². The van der Waals surface area contributed by atoms with E-state index in [1.807, 2.05) is 0 Å². The second-order valence-electron chi connectivity index (χ2n) is 5.61. The molecule has 0 aliphatic carbocycles. The fourth-order valence-electron chi connectivity index (χ4n) is 1.76. The zero-order valence-electron chi connectivity index (χ0n) is 12.6. The van der Waals surface area contributed by atoms with Crippen LogP contribution in [0.1, 0.15) is 40.5 Å². The molecule has 0 aromatic rings. The SMILES string of the molecule is COCC(C)N(C)CCNC(C)CCC(C)C. The minimum absolute atomic E-state index is 0.493. The van der Waals surface area contributed by atoms with E-state index in [9.17, 15) is 0 Å². The van der Waals surface area contributed by atoms with Gasteiger partial charge in [-0.25, -0.2) is 0 Å². The van der Waals surface area contributed by atoms with Crippen LogP contribution in [0.2, 0.25) is 0 Å².